The zero-order chi connectivity index (χ0) is 20.8. The molecule has 0 spiro atoms. The fraction of sp³-hybridized carbons (Fsp3) is 0.111. The van der Waals surface area contributed by atoms with Gasteiger partial charge in [0.2, 0.25) is 0 Å². The molecular weight excluding hydrogens is 517 g/mol. The van der Waals surface area contributed by atoms with Crippen molar-refractivity contribution in [2.24, 2.45) is 0 Å². The van der Waals surface area contributed by atoms with E-state index in [2.05, 4.69) is 37.2 Å². The van der Waals surface area contributed by atoms with Crippen LogP contribution in [0.4, 0.5) is 11.4 Å². The van der Waals surface area contributed by atoms with Gasteiger partial charge in [-0.15, -0.1) is 0 Å². The normalized spacial score (nSPS) is 10.9. The van der Waals surface area contributed by atoms with E-state index in [4.69, 9.17) is 16.3 Å². The van der Waals surface area contributed by atoms with Crippen LogP contribution in [0.25, 0.3) is 6.08 Å². The third-order valence-electron chi connectivity index (χ3n) is 3.39. The van der Waals surface area contributed by atoms with E-state index in [1.54, 1.807) is 18.2 Å². The molecule has 0 bridgehead atoms. The molecule has 0 saturated carbocycles. The van der Waals surface area contributed by atoms with E-state index in [1.165, 1.54) is 18.2 Å². The van der Waals surface area contributed by atoms with Gasteiger partial charge in [0, 0.05) is 11.1 Å². The molecule has 0 radical (unpaired) electrons. The van der Waals surface area contributed by atoms with Crippen molar-refractivity contribution >= 4 is 66.8 Å². The summed E-state index contributed by atoms with van der Waals surface area (Å²) >= 11 is 12.5. The Bertz CT molecular complexity index is 995. The zero-order valence-electron chi connectivity index (χ0n) is 14.3. The predicted octanol–water partition coefficient (Wildman–Crippen LogP) is 5.72. The van der Waals surface area contributed by atoms with Gasteiger partial charge in [0.05, 0.1) is 20.5 Å². The number of nitrogens with zero attached hydrogens (tertiary/aromatic N) is 2. The number of benzene rings is 2. The van der Waals surface area contributed by atoms with Crippen LogP contribution in [0, 0.1) is 21.4 Å². The van der Waals surface area contributed by atoms with Gasteiger partial charge in [-0.25, -0.2) is 0 Å². The molecule has 0 heterocycles. The SMILES string of the molecule is CCOc1c(Br)cc(/C=C(\C#N)C(=O)Nc2ccc(Cl)cc2[N+](=O)[O-])cc1Br. The van der Waals surface area contributed by atoms with Gasteiger partial charge in [0.25, 0.3) is 11.6 Å². The van der Waals surface area contributed by atoms with Gasteiger partial charge in [-0.2, -0.15) is 5.26 Å². The Kier molecular flexibility index (Phi) is 7.57. The monoisotopic (exact) mass is 527 g/mol. The second-order valence-electron chi connectivity index (χ2n) is 5.29. The first-order valence-electron chi connectivity index (χ1n) is 7.75. The standard InChI is InChI=1S/C18H12Br2ClN3O4/c1-2-28-17-13(19)6-10(7-14(17)20)5-11(9-22)18(25)23-15-4-3-12(21)8-16(15)24(26)27/h3-8H,2H2,1H3,(H,23,25)/b11-5+. The molecule has 1 N–H and O–H groups in total. The number of halogens is 3. The molecule has 0 aliphatic carbocycles. The Morgan fingerprint density at radius 3 is 2.54 bits per heavy atom. The number of hydrogen-bond acceptors (Lipinski definition) is 5. The van der Waals surface area contributed by atoms with Gasteiger partial charge in [0.1, 0.15) is 23.1 Å². The molecule has 0 aliphatic heterocycles. The van der Waals surface area contributed by atoms with Crippen LogP contribution in [-0.2, 0) is 4.79 Å². The van der Waals surface area contributed by atoms with Crippen LogP contribution in [0.5, 0.6) is 5.75 Å². The highest BCUT2D eigenvalue weighted by molar-refractivity contribution is 9.11. The molecule has 7 nitrogen and oxygen atoms in total. The van der Waals surface area contributed by atoms with Crippen LogP contribution in [0.2, 0.25) is 5.02 Å². The number of carbonyl (C=O) groups excluding carboxylic acids is 1. The summed E-state index contributed by atoms with van der Waals surface area (Å²) in [5.74, 6) is -0.187. The van der Waals surface area contributed by atoms with E-state index >= 15 is 0 Å². The Morgan fingerprint density at radius 1 is 1.36 bits per heavy atom. The lowest BCUT2D eigenvalue weighted by Crippen LogP contribution is -2.14. The fourth-order valence-corrected chi connectivity index (χ4v) is 3.83. The third kappa shape index (κ3) is 5.32. The van der Waals surface area contributed by atoms with Crippen molar-refractivity contribution in [3.63, 3.8) is 0 Å². The third-order valence-corrected chi connectivity index (χ3v) is 4.80. The van der Waals surface area contributed by atoms with Crippen LogP contribution in [0.1, 0.15) is 12.5 Å². The van der Waals surface area contributed by atoms with Crippen LogP contribution in [0.15, 0.2) is 44.9 Å². The van der Waals surface area contributed by atoms with Crippen LogP contribution < -0.4 is 10.1 Å². The minimum absolute atomic E-state index is 0.0606. The Labute approximate surface area is 182 Å². The first-order chi connectivity index (χ1) is 13.3. The number of rotatable bonds is 6. The quantitative estimate of drug-likeness (QED) is 0.223. The highest BCUT2D eigenvalue weighted by atomic mass is 79.9. The largest absolute Gasteiger partial charge is 0.492 e. The summed E-state index contributed by atoms with van der Waals surface area (Å²) in [4.78, 5) is 22.9. The second-order valence-corrected chi connectivity index (χ2v) is 7.43. The van der Waals surface area contributed by atoms with Gasteiger partial charge in [-0.1, -0.05) is 11.6 Å². The average Bonchev–Trinajstić information content (AvgIpc) is 2.63. The Balaban J connectivity index is 2.35. The van der Waals surface area contributed by atoms with E-state index < -0.39 is 10.8 Å². The highest BCUT2D eigenvalue weighted by Gasteiger charge is 2.19. The van der Waals surface area contributed by atoms with Gasteiger partial charge in [-0.3, -0.25) is 14.9 Å². The second kappa shape index (κ2) is 9.68. The molecule has 1 amide bonds. The zero-order valence-corrected chi connectivity index (χ0v) is 18.3. The molecule has 0 aliphatic rings. The summed E-state index contributed by atoms with van der Waals surface area (Å²) < 4.78 is 6.77. The molecule has 2 rings (SSSR count). The van der Waals surface area contributed by atoms with Crippen LogP contribution in [-0.4, -0.2) is 17.4 Å². The van der Waals surface area contributed by atoms with Crippen LogP contribution in [0.3, 0.4) is 0 Å². The molecule has 2 aromatic carbocycles. The van der Waals surface area contributed by atoms with Crippen molar-refractivity contribution < 1.29 is 14.5 Å². The predicted molar refractivity (Wildman–Crippen MR) is 113 cm³/mol. The maximum Gasteiger partial charge on any atom is 0.294 e. The minimum atomic E-state index is -0.783. The van der Waals surface area contributed by atoms with Gasteiger partial charge < -0.3 is 10.1 Å². The maximum atomic E-state index is 12.4. The smallest absolute Gasteiger partial charge is 0.294 e. The number of anilines is 1. The number of nitro groups is 1. The first-order valence-corrected chi connectivity index (χ1v) is 9.72. The average molecular weight is 530 g/mol. The van der Waals surface area contributed by atoms with Gasteiger partial charge in [-0.05, 0) is 74.7 Å². The number of ether oxygens (including phenoxy) is 1. The summed E-state index contributed by atoms with van der Waals surface area (Å²) in [7, 11) is 0. The summed E-state index contributed by atoms with van der Waals surface area (Å²) in [5, 5.41) is 23.0. The molecule has 0 saturated heterocycles. The summed E-state index contributed by atoms with van der Waals surface area (Å²) in [6.45, 7) is 2.32. The van der Waals surface area contributed by atoms with E-state index in [0.29, 0.717) is 26.9 Å². The lowest BCUT2D eigenvalue weighted by molar-refractivity contribution is -0.383. The van der Waals surface area contributed by atoms with Gasteiger partial charge in [0.15, 0.2) is 0 Å². The fourth-order valence-electron chi connectivity index (χ4n) is 2.21. The van der Waals surface area contributed by atoms with E-state index in [0.717, 1.165) is 6.07 Å². The lowest BCUT2D eigenvalue weighted by Gasteiger charge is -2.10. The number of amides is 1. The van der Waals surface area contributed by atoms with Gasteiger partial charge >= 0.3 is 0 Å². The van der Waals surface area contributed by atoms with Crippen molar-refractivity contribution in [3.05, 3.63) is 65.6 Å². The van der Waals surface area contributed by atoms with E-state index in [-0.39, 0.29) is 22.0 Å². The summed E-state index contributed by atoms with van der Waals surface area (Å²) in [6, 6.07) is 9.00. The van der Waals surface area contributed by atoms with E-state index in [9.17, 15) is 20.2 Å². The minimum Gasteiger partial charge on any atom is -0.492 e. The summed E-state index contributed by atoms with van der Waals surface area (Å²) in [6.07, 6.45) is 1.36. The molecule has 0 atom stereocenters. The highest BCUT2D eigenvalue weighted by Crippen LogP contribution is 2.35. The van der Waals surface area contributed by atoms with Crippen molar-refractivity contribution in [2.75, 3.05) is 11.9 Å². The molecule has 144 valence electrons. The number of nitriles is 1. The molecule has 0 unspecified atom stereocenters. The van der Waals surface area contributed by atoms with Crippen molar-refractivity contribution in [1.29, 1.82) is 5.26 Å². The number of carbonyl (C=O) groups is 1. The van der Waals surface area contributed by atoms with Crippen molar-refractivity contribution in [2.45, 2.75) is 6.92 Å². The topological polar surface area (TPSA) is 105 Å². The number of nitro benzene ring substituents is 1. The number of hydrogen-bond donors (Lipinski definition) is 1. The van der Waals surface area contributed by atoms with Crippen molar-refractivity contribution in [1.82, 2.24) is 0 Å². The number of nitrogens with one attached hydrogen (secondary N) is 1. The van der Waals surface area contributed by atoms with Crippen LogP contribution >= 0.6 is 43.5 Å². The maximum absolute atomic E-state index is 12.4. The lowest BCUT2D eigenvalue weighted by atomic mass is 10.1. The molecule has 10 heteroatoms. The van der Waals surface area contributed by atoms with E-state index in [1.807, 2.05) is 6.92 Å². The summed E-state index contributed by atoms with van der Waals surface area (Å²) in [5.41, 5.74) is -0.106. The Morgan fingerprint density at radius 2 is 2.00 bits per heavy atom. The van der Waals surface area contributed by atoms with Crippen molar-refractivity contribution in [3.8, 4) is 11.8 Å². The molecule has 0 aromatic heterocycles. The first kappa shape index (κ1) is 21.9. The Hall–Kier alpha value is -2.41. The molecule has 28 heavy (non-hydrogen) atoms. The molecule has 0 fully saturated rings. The molecular formula is C18H12Br2ClN3O4. The molecule has 2 aromatic rings.